The lowest BCUT2D eigenvalue weighted by Crippen LogP contribution is -2.41. The van der Waals surface area contributed by atoms with Crippen LogP contribution < -0.4 is 26.1 Å². The van der Waals surface area contributed by atoms with Gasteiger partial charge in [-0.1, -0.05) is 6.08 Å². The van der Waals surface area contributed by atoms with Gasteiger partial charge < -0.3 is 15.2 Å². The van der Waals surface area contributed by atoms with Gasteiger partial charge in [0.25, 0.3) is 11.8 Å². The number of carbonyl (C=O) groups is 2. The Bertz CT molecular complexity index is 1190. The monoisotopic (exact) mass is 440 g/mol. The first-order valence-electron chi connectivity index (χ1n) is 9.43. The number of nitrogens with two attached hydrogens (primary N) is 1. The second kappa shape index (κ2) is 9.05. The number of pyridine rings is 1. The Kier molecular flexibility index (Phi) is 6.45. The van der Waals surface area contributed by atoms with Crippen molar-refractivity contribution in [1.82, 2.24) is 15.8 Å². The van der Waals surface area contributed by atoms with E-state index in [4.69, 9.17) is 15.2 Å². The molecule has 9 heteroatoms. The van der Waals surface area contributed by atoms with Crippen LogP contribution in [0.3, 0.4) is 0 Å². The molecule has 0 radical (unpaired) electrons. The number of fused-ring (bicyclic) bond motifs is 1. The fourth-order valence-electron chi connectivity index (χ4n) is 3.36. The van der Waals surface area contributed by atoms with Gasteiger partial charge >= 0.3 is 0 Å². The van der Waals surface area contributed by atoms with Crippen molar-refractivity contribution in [2.45, 2.75) is 20.3 Å². The van der Waals surface area contributed by atoms with E-state index >= 15 is 0 Å². The number of hydrazine groups is 1. The number of allylic oxidation sites excluding steroid dienone is 1. The summed E-state index contributed by atoms with van der Waals surface area (Å²) in [5, 5.41) is 0.751. The van der Waals surface area contributed by atoms with E-state index in [2.05, 4.69) is 22.4 Å². The third kappa shape index (κ3) is 4.31. The Morgan fingerprint density at radius 3 is 2.52 bits per heavy atom. The highest BCUT2D eigenvalue weighted by Crippen LogP contribution is 2.35. The van der Waals surface area contributed by atoms with Crippen molar-refractivity contribution in [1.29, 1.82) is 0 Å². The van der Waals surface area contributed by atoms with Gasteiger partial charge in [-0.25, -0.2) is 4.98 Å². The summed E-state index contributed by atoms with van der Waals surface area (Å²) in [7, 11) is 3.01. The molecule has 2 amide bonds. The van der Waals surface area contributed by atoms with Crippen LogP contribution in [0.25, 0.3) is 10.2 Å². The van der Waals surface area contributed by atoms with Crippen LogP contribution in [0, 0.1) is 13.8 Å². The molecule has 2 aromatic heterocycles. The van der Waals surface area contributed by atoms with Gasteiger partial charge in [0, 0.05) is 22.2 Å². The summed E-state index contributed by atoms with van der Waals surface area (Å²) < 4.78 is 10.7. The van der Waals surface area contributed by atoms with Crippen LogP contribution in [-0.2, 0) is 6.42 Å². The Balaban J connectivity index is 1.82. The molecule has 162 valence electrons. The number of aryl methyl sites for hydroxylation is 2. The third-order valence-corrected chi connectivity index (χ3v) is 5.80. The van der Waals surface area contributed by atoms with Crippen molar-refractivity contribution in [2.75, 3.05) is 20.0 Å². The second-order valence-corrected chi connectivity index (χ2v) is 7.88. The lowest BCUT2D eigenvalue weighted by Gasteiger charge is -2.14. The number of carbonyl (C=O) groups excluding carboxylic acids is 2. The zero-order valence-corrected chi connectivity index (χ0v) is 18.6. The predicted molar refractivity (Wildman–Crippen MR) is 122 cm³/mol. The number of amides is 2. The molecule has 0 aliphatic heterocycles. The molecule has 0 spiro atoms. The lowest BCUT2D eigenvalue weighted by atomic mass is 10.1. The molecule has 1 aromatic carbocycles. The van der Waals surface area contributed by atoms with Crippen LogP contribution >= 0.6 is 11.3 Å². The number of aromatic nitrogens is 1. The number of benzene rings is 1. The van der Waals surface area contributed by atoms with Gasteiger partial charge in [0.15, 0.2) is 11.5 Å². The summed E-state index contributed by atoms with van der Waals surface area (Å²) in [6, 6.07) is 5.11. The number of anilines is 1. The molecule has 0 unspecified atom stereocenters. The normalized spacial score (nSPS) is 10.6. The summed E-state index contributed by atoms with van der Waals surface area (Å²) in [5.41, 5.74) is 14.2. The van der Waals surface area contributed by atoms with Gasteiger partial charge in [-0.05, 0) is 44.0 Å². The minimum atomic E-state index is -0.516. The van der Waals surface area contributed by atoms with Crippen LogP contribution in [-0.4, -0.2) is 31.0 Å². The zero-order chi connectivity index (χ0) is 22.7. The predicted octanol–water partition coefficient (Wildman–Crippen LogP) is 3.32. The molecule has 0 bridgehead atoms. The first-order chi connectivity index (χ1) is 14.8. The minimum Gasteiger partial charge on any atom is -0.493 e. The van der Waals surface area contributed by atoms with Gasteiger partial charge in [0.1, 0.15) is 9.71 Å². The molecule has 3 aromatic rings. The van der Waals surface area contributed by atoms with Crippen molar-refractivity contribution < 1.29 is 19.1 Å². The van der Waals surface area contributed by atoms with Crippen LogP contribution in [0.15, 0.2) is 30.9 Å². The molecule has 4 N–H and O–H groups in total. The molecule has 0 saturated heterocycles. The number of hydrogen-bond donors (Lipinski definition) is 3. The number of thiophene rings is 1. The summed E-state index contributed by atoms with van der Waals surface area (Å²) in [5.74, 6) is -0.0923. The average Bonchev–Trinajstić information content (AvgIpc) is 3.07. The highest BCUT2D eigenvalue weighted by Gasteiger charge is 2.20. The number of rotatable bonds is 6. The number of ether oxygens (including phenoxy) is 2. The Morgan fingerprint density at radius 2 is 1.87 bits per heavy atom. The summed E-state index contributed by atoms with van der Waals surface area (Å²) >= 11 is 1.18. The highest BCUT2D eigenvalue weighted by atomic mass is 32.1. The number of nitrogens with one attached hydrogen (secondary N) is 2. The summed E-state index contributed by atoms with van der Waals surface area (Å²) in [4.78, 5) is 30.8. The zero-order valence-electron chi connectivity index (χ0n) is 17.8. The highest BCUT2D eigenvalue weighted by molar-refractivity contribution is 7.21. The Morgan fingerprint density at radius 1 is 1.16 bits per heavy atom. The number of nitrogens with zero attached hydrogens (tertiary/aromatic N) is 1. The van der Waals surface area contributed by atoms with E-state index in [1.807, 2.05) is 19.9 Å². The molecular weight excluding hydrogens is 416 g/mol. The van der Waals surface area contributed by atoms with E-state index < -0.39 is 11.8 Å². The first kappa shape index (κ1) is 22.1. The maximum Gasteiger partial charge on any atom is 0.281 e. The minimum absolute atomic E-state index is 0.288. The maximum absolute atomic E-state index is 12.7. The first-order valence-corrected chi connectivity index (χ1v) is 10.2. The van der Waals surface area contributed by atoms with Crippen molar-refractivity contribution in [3.05, 3.63) is 58.1 Å². The molecular formula is C22H24N4O4S. The molecule has 0 atom stereocenters. The van der Waals surface area contributed by atoms with Crippen LogP contribution in [0.4, 0.5) is 5.69 Å². The molecule has 0 saturated carbocycles. The standard InChI is InChI=1S/C22H24N4O4S/c1-6-7-13-9-14(10-15(29-4)18(13)30-5)20(27)25-26-21(28)19-17(23)16-11(2)8-12(3)24-22(16)31-19/h6,8-10H,1,7,23H2,2-5H3,(H,25,27)(H,26,28). The van der Waals surface area contributed by atoms with Gasteiger partial charge in [-0.15, -0.1) is 17.9 Å². The molecule has 0 aliphatic carbocycles. The number of methoxy groups -OCH3 is 2. The van der Waals surface area contributed by atoms with Crippen LogP contribution in [0.5, 0.6) is 11.5 Å². The Hall–Kier alpha value is -3.59. The number of nitrogen functional groups attached to an aromatic ring is 1. The topological polar surface area (TPSA) is 116 Å². The van der Waals surface area contributed by atoms with E-state index in [1.165, 1.54) is 31.6 Å². The van der Waals surface area contributed by atoms with E-state index in [-0.39, 0.29) is 4.88 Å². The van der Waals surface area contributed by atoms with E-state index in [0.29, 0.717) is 34.0 Å². The fourth-order valence-corrected chi connectivity index (χ4v) is 4.47. The van der Waals surface area contributed by atoms with E-state index in [0.717, 1.165) is 22.2 Å². The van der Waals surface area contributed by atoms with Crippen molar-refractivity contribution in [3.63, 3.8) is 0 Å². The second-order valence-electron chi connectivity index (χ2n) is 6.88. The molecule has 8 nitrogen and oxygen atoms in total. The summed E-state index contributed by atoms with van der Waals surface area (Å²) in [6.45, 7) is 7.52. The van der Waals surface area contributed by atoms with E-state index in [9.17, 15) is 9.59 Å². The quantitative estimate of drug-likeness (QED) is 0.400. The maximum atomic E-state index is 12.7. The van der Waals surface area contributed by atoms with Gasteiger partial charge in [0.05, 0.1) is 19.9 Å². The molecule has 3 rings (SSSR count). The Labute approximate surface area is 184 Å². The number of hydrogen-bond acceptors (Lipinski definition) is 7. The van der Waals surface area contributed by atoms with E-state index in [1.54, 1.807) is 12.1 Å². The molecule has 0 fully saturated rings. The largest absolute Gasteiger partial charge is 0.493 e. The lowest BCUT2D eigenvalue weighted by molar-refractivity contribution is 0.0849. The van der Waals surface area contributed by atoms with Gasteiger partial charge in [0.2, 0.25) is 0 Å². The summed E-state index contributed by atoms with van der Waals surface area (Å²) in [6.07, 6.45) is 2.18. The van der Waals surface area contributed by atoms with Gasteiger partial charge in [-0.2, -0.15) is 0 Å². The molecule has 31 heavy (non-hydrogen) atoms. The smallest absolute Gasteiger partial charge is 0.281 e. The fraction of sp³-hybridized carbons (Fsp3) is 0.227. The van der Waals surface area contributed by atoms with Crippen molar-refractivity contribution in [2.24, 2.45) is 0 Å². The van der Waals surface area contributed by atoms with Crippen molar-refractivity contribution in [3.8, 4) is 11.5 Å². The van der Waals surface area contributed by atoms with Crippen LogP contribution in [0.2, 0.25) is 0 Å². The van der Waals surface area contributed by atoms with Crippen molar-refractivity contribution >= 4 is 39.1 Å². The molecule has 2 heterocycles. The average molecular weight is 441 g/mol. The molecule has 0 aliphatic rings. The SMILES string of the molecule is C=CCc1cc(C(=O)NNC(=O)c2sc3nc(C)cc(C)c3c2N)cc(OC)c1OC. The van der Waals surface area contributed by atoms with Gasteiger partial charge in [-0.3, -0.25) is 20.4 Å². The van der Waals surface area contributed by atoms with Crippen LogP contribution in [0.1, 0.15) is 36.9 Å². The third-order valence-electron chi connectivity index (χ3n) is 4.70.